The maximum Gasteiger partial charge on any atom is 0.106 e. The van der Waals surface area contributed by atoms with Crippen molar-refractivity contribution >= 4 is 5.71 Å². The van der Waals surface area contributed by atoms with Gasteiger partial charge in [0.05, 0.1) is 17.8 Å². The molecule has 2 aromatic carbocycles. The van der Waals surface area contributed by atoms with Gasteiger partial charge in [0.1, 0.15) is 6.17 Å². The van der Waals surface area contributed by atoms with Crippen molar-refractivity contribution in [3.05, 3.63) is 71.8 Å². The van der Waals surface area contributed by atoms with E-state index in [1.807, 2.05) is 0 Å². The molecule has 2 heterocycles. The summed E-state index contributed by atoms with van der Waals surface area (Å²) in [5.41, 5.74) is 4.08. The van der Waals surface area contributed by atoms with Crippen LogP contribution in [0.25, 0.3) is 0 Å². The highest BCUT2D eigenvalue weighted by atomic mass is 15.5. The minimum absolute atomic E-state index is 0.399. The van der Waals surface area contributed by atoms with E-state index in [2.05, 4.69) is 65.6 Å². The first kappa shape index (κ1) is 14.4. The largest absolute Gasteiger partial charge is 0.268 e. The Morgan fingerprint density at radius 3 is 2.12 bits per heavy atom. The Balaban J connectivity index is 1.50. The topological polar surface area (TPSA) is 15.4 Å². The molecule has 2 aliphatic heterocycles. The van der Waals surface area contributed by atoms with Gasteiger partial charge in [-0.1, -0.05) is 79.9 Å². The predicted molar refractivity (Wildman–Crippen MR) is 98.2 cm³/mol. The van der Waals surface area contributed by atoms with Crippen LogP contribution in [0.4, 0.5) is 0 Å². The molecule has 3 aliphatic rings. The SMILES string of the molecule is c1ccc(C2=NC(C3CCCCC3)N3C2C3c2ccccc2)cc1. The van der Waals surface area contributed by atoms with Crippen molar-refractivity contribution in [3.63, 3.8) is 0 Å². The van der Waals surface area contributed by atoms with Crippen LogP contribution in [-0.2, 0) is 0 Å². The van der Waals surface area contributed by atoms with Gasteiger partial charge >= 0.3 is 0 Å². The predicted octanol–water partition coefficient (Wildman–Crippen LogP) is 4.82. The summed E-state index contributed by atoms with van der Waals surface area (Å²) in [5, 5.41) is 0. The molecule has 1 aliphatic carbocycles. The van der Waals surface area contributed by atoms with Gasteiger partial charge in [-0.2, -0.15) is 0 Å². The molecule has 5 rings (SSSR count). The van der Waals surface area contributed by atoms with Gasteiger partial charge in [0.25, 0.3) is 0 Å². The molecule has 1 saturated carbocycles. The number of aliphatic imine (C=N–C) groups is 1. The van der Waals surface area contributed by atoms with E-state index >= 15 is 0 Å². The van der Waals surface area contributed by atoms with Gasteiger partial charge in [-0.25, -0.2) is 0 Å². The number of rotatable bonds is 3. The van der Waals surface area contributed by atoms with Crippen LogP contribution in [0.3, 0.4) is 0 Å². The normalized spacial score (nSPS) is 32.2. The van der Waals surface area contributed by atoms with Gasteiger partial charge in [0, 0.05) is 0 Å². The number of nitrogens with zero attached hydrogens (tertiary/aromatic N) is 2. The highest BCUT2D eigenvalue weighted by molar-refractivity contribution is 6.08. The minimum atomic E-state index is 0.399. The molecule has 0 radical (unpaired) electrons. The van der Waals surface area contributed by atoms with Crippen molar-refractivity contribution in [2.45, 2.75) is 50.4 Å². The molecule has 0 amide bonds. The molecule has 0 aromatic heterocycles. The van der Waals surface area contributed by atoms with Gasteiger partial charge < -0.3 is 0 Å². The van der Waals surface area contributed by atoms with Crippen LogP contribution in [-0.4, -0.2) is 22.8 Å². The molecule has 0 bridgehead atoms. The van der Waals surface area contributed by atoms with Gasteiger partial charge in [0.2, 0.25) is 0 Å². The molecule has 0 N–H and O–H groups in total. The zero-order valence-electron chi connectivity index (χ0n) is 14.0. The first-order valence-electron chi connectivity index (χ1n) is 9.39. The molecule has 4 atom stereocenters. The average Bonchev–Trinajstić information content (AvgIpc) is 3.28. The Hall–Kier alpha value is -1.93. The molecule has 24 heavy (non-hydrogen) atoms. The second-order valence-corrected chi connectivity index (χ2v) is 7.44. The summed E-state index contributed by atoms with van der Waals surface area (Å²) in [6.07, 6.45) is 7.26. The van der Waals surface area contributed by atoms with Crippen LogP contribution >= 0.6 is 0 Å². The van der Waals surface area contributed by atoms with E-state index in [1.54, 1.807) is 0 Å². The van der Waals surface area contributed by atoms with Crippen molar-refractivity contribution in [1.29, 1.82) is 0 Å². The lowest BCUT2D eigenvalue weighted by atomic mass is 9.87. The summed E-state index contributed by atoms with van der Waals surface area (Å²) >= 11 is 0. The number of fused-ring (bicyclic) bond motifs is 1. The number of hydrogen-bond donors (Lipinski definition) is 0. The molecule has 1 saturated heterocycles. The Morgan fingerprint density at radius 1 is 0.750 bits per heavy atom. The van der Waals surface area contributed by atoms with Gasteiger partial charge in [-0.05, 0) is 29.9 Å². The Labute approximate surface area is 144 Å². The van der Waals surface area contributed by atoms with Crippen molar-refractivity contribution in [3.8, 4) is 0 Å². The van der Waals surface area contributed by atoms with E-state index in [1.165, 1.54) is 48.9 Å². The van der Waals surface area contributed by atoms with E-state index in [0.29, 0.717) is 18.2 Å². The number of benzene rings is 2. The molecule has 2 heteroatoms. The Morgan fingerprint density at radius 2 is 1.42 bits per heavy atom. The molecule has 2 nitrogen and oxygen atoms in total. The zero-order valence-corrected chi connectivity index (χ0v) is 14.0. The fraction of sp³-hybridized carbons (Fsp3) is 0.409. The molecule has 2 aromatic rings. The third kappa shape index (κ3) is 2.32. The van der Waals surface area contributed by atoms with Gasteiger partial charge in [0.15, 0.2) is 0 Å². The highest BCUT2D eigenvalue weighted by Gasteiger charge is 2.60. The summed E-state index contributed by atoms with van der Waals surface area (Å²) in [7, 11) is 0. The monoisotopic (exact) mass is 316 g/mol. The van der Waals surface area contributed by atoms with Crippen LogP contribution in [0.15, 0.2) is 65.7 Å². The van der Waals surface area contributed by atoms with Crippen LogP contribution in [0.5, 0.6) is 0 Å². The lowest BCUT2D eigenvalue weighted by molar-refractivity contribution is 0.219. The summed E-state index contributed by atoms with van der Waals surface area (Å²) in [5.74, 6) is 0.746. The fourth-order valence-corrected chi connectivity index (χ4v) is 4.79. The van der Waals surface area contributed by atoms with Gasteiger partial charge in [-0.15, -0.1) is 0 Å². The summed E-state index contributed by atoms with van der Waals surface area (Å²) in [4.78, 5) is 7.91. The van der Waals surface area contributed by atoms with E-state index < -0.39 is 0 Å². The Bertz CT molecular complexity index is 731. The highest BCUT2D eigenvalue weighted by Crippen LogP contribution is 2.53. The minimum Gasteiger partial charge on any atom is -0.268 e. The second-order valence-electron chi connectivity index (χ2n) is 7.44. The standard InChI is InChI=1S/C22H24N2/c1-4-10-16(11-5-1)19-21-20(17-12-6-2-7-13-17)24(21)22(23-19)18-14-8-3-9-15-18/h1-2,4-7,10-13,18,20-22H,3,8-9,14-15H2. The molecule has 122 valence electrons. The maximum absolute atomic E-state index is 5.23. The maximum atomic E-state index is 5.23. The molecular weight excluding hydrogens is 292 g/mol. The summed E-state index contributed by atoms with van der Waals surface area (Å²) in [6.45, 7) is 0. The van der Waals surface area contributed by atoms with E-state index in [-0.39, 0.29) is 0 Å². The first-order chi connectivity index (χ1) is 11.9. The number of hydrogen-bond acceptors (Lipinski definition) is 2. The van der Waals surface area contributed by atoms with Crippen LogP contribution < -0.4 is 0 Å². The third-order valence-electron chi connectivity index (χ3n) is 5.99. The summed E-state index contributed by atoms with van der Waals surface area (Å²) < 4.78 is 0. The van der Waals surface area contributed by atoms with E-state index in [4.69, 9.17) is 4.99 Å². The first-order valence-corrected chi connectivity index (χ1v) is 9.39. The fourth-order valence-electron chi connectivity index (χ4n) is 4.79. The average molecular weight is 316 g/mol. The Kier molecular flexibility index (Phi) is 3.52. The van der Waals surface area contributed by atoms with Crippen LogP contribution in [0.1, 0.15) is 49.3 Å². The smallest absolute Gasteiger partial charge is 0.106 e. The zero-order chi connectivity index (χ0) is 15.9. The van der Waals surface area contributed by atoms with Crippen molar-refractivity contribution < 1.29 is 0 Å². The van der Waals surface area contributed by atoms with E-state index in [9.17, 15) is 0 Å². The van der Waals surface area contributed by atoms with Crippen molar-refractivity contribution in [1.82, 2.24) is 4.90 Å². The van der Waals surface area contributed by atoms with Gasteiger partial charge in [-0.3, -0.25) is 9.89 Å². The van der Waals surface area contributed by atoms with Crippen LogP contribution in [0, 0.1) is 5.92 Å². The molecule has 2 fully saturated rings. The molecule has 4 unspecified atom stereocenters. The lowest BCUT2D eigenvalue weighted by Gasteiger charge is -2.28. The molecular formula is C22H24N2. The van der Waals surface area contributed by atoms with E-state index in [0.717, 1.165) is 5.92 Å². The third-order valence-corrected chi connectivity index (χ3v) is 5.99. The quantitative estimate of drug-likeness (QED) is 0.741. The molecule has 0 spiro atoms. The lowest BCUT2D eigenvalue weighted by Crippen LogP contribution is -2.27. The van der Waals surface area contributed by atoms with Crippen molar-refractivity contribution in [2.75, 3.05) is 0 Å². The van der Waals surface area contributed by atoms with Crippen molar-refractivity contribution in [2.24, 2.45) is 10.9 Å². The second kappa shape index (κ2) is 5.86. The summed E-state index contributed by atoms with van der Waals surface area (Å²) in [6, 6.07) is 22.8. The van der Waals surface area contributed by atoms with Crippen LogP contribution in [0.2, 0.25) is 0 Å².